The molecule has 0 atom stereocenters. The van der Waals surface area contributed by atoms with Crippen LogP contribution in [0.15, 0.2) is 0 Å². The van der Waals surface area contributed by atoms with Crippen LogP contribution < -0.4 is 5.48 Å². The average molecular weight is 231 g/mol. The van der Waals surface area contributed by atoms with Gasteiger partial charge >= 0.3 is 0 Å². The summed E-state index contributed by atoms with van der Waals surface area (Å²) in [6.07, 6.45) is 13.8. The maximum atomic E-state index is 8.61. The molecule has 0 aromatic rings. The molecule has 3 nitrogen and oxygen atoms in total. The number of hydrogen-bond donors (Lipinski definition) is 3. The van der Waals surface area contributed by atoms with Crippen molar-refractivity contribution in [1.82, 2.24) is 5.48 Å². The Bertz CT molecular complexity index is 107. The molecular weight excluding hydrogens is 202 g/mol. The van der Waals surface area contributed by atoms with Gasteiger partial charge in [0.1, 0.15) is 0 Å². The molecule has 0 saturated heterocycles. The summed E-state index contributed by atoms with van der Waals surface area (Å²) in [7, 11) is 0. The van der Waals surface area contributed by atoms with Gasteiger partial charge in [-0.2, -0.15) is 0 Å². The first-order valence-electron chi connectivity index (χ1n) is 6.89. The van der Waals surface area contributed by atoms with Crippen LogP contribution in [0.25, 0.3) is 0 Å². The van der Waals surface area contributed by atoms with Gasteiger partial charge in [0.15, 0.2) is 0 Å². The summed E-state index contributed by atoms with van der Waals surface area (Å²) in [6, 6.07) is 0. The molecule has 3 N–H and O–H groups in total. The number of aliphatic hydroxyl groups excluding tert-OH is 1. The number of hydrogen-bond acceptors (Lipinski definition) is 3. The van der Waals surface area contributed by atoms with Gasteiger partial charge in [-0.05, 0) is 12.8 Å². The van der Waals surface area contributed by atoms with Crippen molar-refractivity contribution in [3.8, 4) is 0 Å². The normalized spacial score (nSPS) is 10.9. The van der Waals surface area contributed by atoms with E-state index in [1.165, 1.54) is 57.8 Å². The van der Waals surface area contributed by atoms with Crippen molar-refractivity contribution in [2.24, 2.45) is 0 Å². The Labute approximate surface area is 100 Å². The fourth-order valence-corrected chi connectivity index (χ4v) is 1.91. The van der Waals surface area contributed by atoms with Gasteiger partial charge in [0.25, 0.3) is 0 Å². The zero-order chi connectivity index (χ0) is 11.9. The van der Waals surface area contributed by atoms with Crippen molar-refractivity contribution in [1.29, 1.82) is 0 Å². The third kappa shape index (κ3) is 13.9. The summed E-state index contributed by atoms with van der Waals surface area (Å²) in [4.78, 5) is 0. The molecule has 0 aliphatic rings. The highest BCUT2D eigenvalue weighted by Gasteiger charge is 1.93. The van der Waals surface area contributed by atoms with Crippen LogP contribution in [-0.4, -0.2) is 23.5 Å². The fraction of sp³-hybridized carbons (Fsp3) is 1.00. The molecule has 0 aromatic carbocycles. The molecule has 0 spiro atoms. The van der Waals surface area contributed by atoms with E-state index in [-0.39, 0.29) is 0 Å². The topological polar surface area (TPSA) is 52.5 Å². The standard InChI is InChI=1S/C13H29NO2/c15-13-11-9-7-5-3-1-2-4-6-8-10-12-14-16/h14-16H,1-13H2. The Morgan fingerprint density at radius 1 is 0.562 bits per heavy atom. The minimum atomic E-state index is 0.350. The minimum Gasteiger partial charge on any atom is -0.396 e. The first-order valence-corrected chi connectivity index (χ1v) is 6.89. The van der Waals surface area contributed by atoms with Gasteiger partial charge in [0.05, 0.1) is 0 Å². The van der Waals surface area contributed by atoms with Gasteiger partial charge in [0, 0.05) is 13.2 Å². The summed E-state index contributed by atoms with van der Waals surface area (Å²) in [5.41, 5.74) is 2.19. The quantitative estimate of drug-likeness (QED) is 0.337. The molecule has 0 heterocycles. The van der Waals surface area contributed by atoms with E-state index < -0.39 is 0 Å². The third-order valence-electron chi connectivity index (χ3n) is 2.95. The van der Waals surface area contributed by atoms with Crippen LogP contribution in [0.2, 0.25) is 0 Å². The molecule has 0 amide bonds. The molecule has 3 heteroatoms. The van der Waals surface area contributed by atoms with E-state index in [2.05, 4.69) is 5.48 Å². The van der Waals surface area contributed by atoms with E-state index in [1.54, 1.807) is 0 Å². The van der Waals surface area contributed by atoms with E-state index in [9.17, 15) is 0 Å². The van der Waals surface area contributed by atoms with Crippen LogP contribution >= 0.6 is 0 Å². The summed E-state index contributed by atoms with van der Waals surface area (Å²) in [5, 5.41) is 17.0. The van der Waals surface area contributed by atoms with Crippen molar-refractivity contribution >= 4 is 0 Å². The highest BCUT2D eigenvalue weighted by molar-refractivity contribution is 4.48. The SMILES string of the molecule is OCCCCCCCCCCCCCNO. The second-order valence-corrected chi connectivity index (χ2v) is 4.52. The zero-order valence-electron chi connectivity index (χ0n) is 10.6. The first kappa shape index (κ1) is 15.9. The van der Waals surface area contributed by atoms with Crippen molar-refractivity contribution in [3.05, 3.63) is 0 Å². The lowest BCUT2D eigenvalue weighted by molar-refractivity contribution is 0.164. The zero-order valence-corrected chi connectivity index (χ0v) is 10.6. The van der Waals surface area contributed by atoms with E-state index >= 15 is 0 Å². The molecular formula is C13H29NO2. The number of aliphatic hydroxyl groups is 1. The van der Waals surface area contributed by atoms with E-state index in [4.69, 9.17) is 10.3 Å². The minimum absolute atomic E-state index is 0.350. The molecule has 0 radical (unpaired) electrons. The second kappa shape index (κ2) is 14.9. The Morgan fingerprint density at radius 2 is 0.938 bits per heavy atom. The highest BCUT2D eigenvalue weighted by Crippen LogP contribution is 2.10. The van der Waals surface area contributed by atoms with Crippen molar-refractivity contribution in [2.75, 3.05) is 13.2 Å². The second-order valence-electron chi connectivity index (χ2n) is 4.52. The molecule has 0 rings (SSSR count). The van der Waals surface area contributed by atoms with Gasteiger partial charge in [-0.3, -0.25) is 0 Å². The van der Waals surface area contributed by atoms with Crippen LogP contribution in [-0.2, 0) is 0 Å². The Kier molecular flexibility index (Phi) is 14.8. The fourth-order valence-electron chi connectivity index (χ4n) is 1.91. The smallest absolute Gasteiger partial charge is 0.0431 e. The molecule has 16 heavy (non-hydrogen) atoms. The molecule has 98 valence electrons. The number of hydroxylamine groups is 1. The van der Waals surface area contributed by atoms with Crippen LogP contribution in [0.5, 0.6) is 0 Å². The van der Waals surface area contributed by atoms with Gasteiger partial charge in [0.2, 0.25) is 0 Å². The van der Waals surface area contributed by atoms with Crippen LogP contribution in [0.1, 0.15) is 70.6 Å². The molecule has 0 aliphatic heterocycles. The van der Waals surface area contributed by atoms with Gasteiger partial charge in [-0.15, -0.1) is 0 Å². The Morgan fingerprint density at radius 3 is 1.31 bits per heavy atom. The molecule has 0 aliphatic carbocycles. The molecule has 0 saturated carbocycles. The molecule has 0 unspecified atom stereocenters. The van der Waals surface area contributed by atoms with Crippen LogP contribution in [0.3, 0.4) is 0 Å². The summed E-state index contributed by atoms with van der Waals surface area (Å²) in [6.45, 7) is 1.08. The Hall–Kier alpha value is -0.120. The van der Waals surface area contributed by atoms with Gasteiger partial charge in [-0.1, -0.05) is 57.8 Å². The van der Waals surface area contributed by atoms with Crippen molar-refractivity contribution in [3.63, 3.8) is 0 Å². The lowest BCUT2D eigenvalue weighted by atomic mass is 10.1. The van der Waals surface area contributed by atoms with Crippen LogP contribution in [0, 0.1) is 0 Å². The van der Waals surface area contributed by atoms with Gasteiger partial charge < -0.3 is 10.3 Å². The first-order chi connectivity index (χ1) is 7.91. The number of unbranched alkanes of at least 4 members (excludes halogenated alkanes) is 10. The third-order valence-corrected chi connectivity index (χ3v) is 2.95. The van der Waals surface area contributed by atoms with E-state index in [1.807, 2.05) is 0 Å². The Balaban J connectivity index is 2.83. The van der Waals surface area contributed by atoms with E-state index in [0.717, 1.165) is 19.4 Å². The molecule has 0 fully saturated rings. The maximum Gasteiger partial charge on any atom is 0.0431 e. The highest BCUT2D eigenvalue weighted by atomic mass is 16.5. The molecule has 0 bridgehead atoms. The summed E-state index contributed by atoms with van der Waals surface area (Å²) in [5.74, 6) is 0. The van der Waals surface area contributed by atoms with E-state index in [0.29, 0.717) is 6.61 Å². The summed E-state index contributed by atoms with van der Waals surface area (Å²) >= 11 is 0. The van der Waals surface area contributed by atoms with Crippen molar-refractivity contribution in [2.45, 2.75) is 70.6 Å². The number of rotatable bonds is 13. The van der Waals surface area contributed by atoms with Crippen molar-refractivity contribution < 1.29 is 10.3 Å². The predicted octanol–water partition coefficient (Wildman–Crippen LogP) is 3.25. The van der Waals surface area contributed by atoms with Crippen LogP contribution in [0.4, 0.5) is 0 Å². The lowest BCUT2D eigenvalue weighted by Crippen LogP contribution is -2.07. The number of nitrogens with one attached hydrogen (secondary N) is 1. The predicted molar refractivity (Wildman–Crippen MR) is 67.7 cm³/mol. The average Bonchev–Trinajstić information content (AvgIpc) is 2.31. The lowest BCUT2D eigenvalue weighted by Gasteiger charge is -2.02. The van der Waals surface area contributed by atoms with Gasteiger partial charge in [-0.25, -0.2) is 5.48 Å². The maximum absolute atomic E-state index is 8.61. The summed E-state index contributed by atoms with van der Waals surface area (Å²) < 4.78 is 0. The monoisotopic (exact) mass is 231 g/mol. The molecule has 0 aromatic heterocycles. The largest absolute Gasteiger partial charge is 0.396 e.